The zero-order valence-corrected chi connectivity index (χ0v) is 17.5. The Labute approximate surface area is 184 Å². The van der Waals surface area contributed by atoms with E-state index in [1.807, 2.05) is 25.2 Å². The van der Waals surface area contributed by atoms with Crippen molar-refractivity contribution in [2.45, 2.75) is 19.2 Å². The number of rotatable bonds is 5. The molecule has 0 saturated carbocycles. The van der Waals surface area contributed by atoms with Gasteiger partial charge >= 0.3 is 6.03 Å². The first-order chi connectivity index (χ1) is 15.4. The lowest BCUT2D eigenvalue weighted by Gasteiger charge is -2.36. The molecule has 1 unspecified atom stereocenters. The number of carbonyl (C=O) groups excluding carboxylic acids is 1. The number of hydrazone groups is 1. The van der Waals surface area contributed by atoms with Gasteiger partial charge in [0.1, 0.15) is 5.82 Å². The van der Waals surface area contributed by atoms with E-state index in [9.17, 15) is 18.0 Å². The van der Waals surface area contributed by atoms with Crippen LogP contribution in [0.4, 0.5) is 23.7 Å². The molecule has 2 aromatic rings. The molecule has 2 aliphatic rings. The SMILES string of the molecule is CN1CCN(C(=O)N(Cc2ccc(C3=NNC(C(F)F)O3)cc2F)c2ccccc2)CC1. The Morgan fingerprint density at radius 3 is 2.53 bits per heavy atom. The molecule has 0 radical (unpaired) electrons. The van der Waals surface area contributed by atoms with Crippen molar-refractivity contribution in [1.82, 2.24) is 15.2 Å². The Balaban J connectivity index is 1.54. The second kappa shape index (κ2) is 9.47. The molecule has 2 heterocycles. The average molecular weight is 447 g/mol. The molecule has 170 valence electrons. The Morgan fingerprint density at radius 1 is 1.19 bits per heavy atom. The van der Waals surface area contributed by atoms with Gasteiger partial charge in [-0.25, -0.2) is 18.0 Å². The highest BCUT2D eigenvalue weighted by Crippen LogP contribution is 2.23. The van der Waals surface area contributed by atoms with Crippen LogP contribution in [-0.4, -0.2) is 67.6 Å². The van der Waals surface area contributed by atoms with Gasteiger partial charge in [-0.2, -0.15) is 0 Å². The van der Waals surface area contributed by atoms with Crippen LogP contribution in [0.5, 0.6) is 0 Å². The highest BCUT2D eigenvalue weighted by Gasteiger charge is 2.30. The fraction of sp³-hybridized carbons (Fsp3) is 0.364. The van der Waals surface area contributed by atoms with Gasteiger partial charge in [-0.3, -0.25) is 10.3 Å². The summed E-state index contributed by atoms with van der Waals surface area (Å²) < 4.78 is 45.5. The van der Waals surface area contributed by atoms with Crippen LogP contribution in [-0.2, 0) is 11.3 Å². The van der Waals surface area contributed by atoms with Crippen molar-refractivity contribution in [2.24, 2.45) is 5.10 Å². The third-order valence-electron chi connectivity index (χ3n) is 5.46. The standard InChI is InChI=1S/C22H24F3N5O2/c1-28-9-11-29(12-10-28)22(31)30(17-5-3-2-4-6-17)14-16-8-7-15(13-18(16)23)20-26-27-21(32-20)19(24)25/h2-8,13,19,21,27H,9-12,14H2,1H3. The summed E-state index contributed by atoms with van der Waals surface area (Å²) >= 11 is 0. The molecule has 0 spiro atoms. The van der Waals surface area contributed by atoms with E-state index >= 15 is 0 Å². The van der Waals surface area contributed by atoms with Crippen LogP contribution in [0.25, 0.3) is 0 Å². The van der Waals surface area contributed by atoms with E-state index < -0.39 is 18.5 Å². The van der Waals surface area contributed by atoms with Crippen LogP contribution in [0.1, 0.15) is 11.1 Å². The molecule has 0 aliphatic carbocycles. The quantitative estimate of drug-likeness (QED) is 0.766. The van der Waals surface area contributed by atoms with E-state index in [-0.39, 0.29) is 29.6 Å². The summed E-state index contributed by atoms with van der Waals surface area (Å²) in [6.45, 7) is 2.75. The van der Waals surface area contributed by atoms with Gasteiger partial charge in [0.15, 0.2) is 0 Å². The predicted octanol–water partition coefficient (Wildman–Crippen LogP) is 3.07. The van der Waals surface area contributed by atoms with E-state index in [4.69, 9.17) is 4.74 Å². The number of anilines is 1. The number of amides is 2. The number of para-hydroxylation sites is 1. The number of nitrogens with one attached hydrogen (secondary N) is 1. The molecule has 2 aliphatic heterocycles. The van der Waals surface area contributed by atoms with Crippen molar-refractivity contribution in [3.8, 4) is 0 Å². The predicted molar refractivity (Wildman–Crippen MR) is 114 cm³/mol. The second-order valence-electron chi connectivity index (χ2n) is 7.72. The number of carbonyl (C=O) groups is 1. The van der Waals surface area contributed by atoms with Gasteiger partial charge in [0.2, 0.25) is 12.1 Å². The molecular weight excluding hydrogens is 423 g/mol. The first-order valence-electron chi connectivity index (χ1n) is 10.3. The van der Waals surface area contributed by atoms with Crippen molar-refractivity contribution in [2.75, 3.05) is 38.1 Å². The van der Waals surface area contributed by atoms with Gasteiger partial charge in [0, 0.05) is 43.0 Å². The number of halogens is 3. The van der Waals surface area contributed by atoms with Gasteiger partial charge < -0.3 is 14.5 Å². The number of piperazine rings is 1. The maximum absolute atomic E-state index is 15.0. The van der Waals surface area contributed by atoms with Gasteiger partial charge in [0.05, 0.1) is 6.54 Å². The topological polar surface area (TPSA) is 60.4 Å². The highest BCUT2D eigenvalue weighted by molar-refractivity contribution is 5.95. The Morgan fingerprint density at radius 2 is 1.91 bits per heavy atom. The van der Waals surface area contributed by atoms with Crippen molar-refractivity contribution < 1.29 is 22.7 Å². The lowest BCUT2D eigenvalue weighted by atomic mass is 10.1. The molecule has 1 atom stereocenters. The highest BCUT2D eigenvalue weighted by atomic mass is 19.3. The Hall–Kier alpha value is -3.27. The largest absolute Gasteiger partial charge is 0.445 e. The number of nitrogens with zero attached hydrogens (tertiary/aromatic N) is 4. The van der Waals surface area contributed by atoms with Crippen LogP contribution in [0.15, 0.2) is 53.6 Å². The molecule has 4 rings (SSSR count). The zero-order chi connectivity index (χ0) is 22.7. The number of urea groups is 1. The third-order valence-corrected chi connectivity index (χ3v) is 5.46. The summed E-state index contributed by atoms with van der Waals surface area (Å²) in [4.78, 5) is 18.7. The Bertz CT molecular complexity index is 981. The van der Waals surface area contributed by atoms with Gasteiger partial charge in [-0.05, 0) is 31.3 Å². The molecule has 7 nitrogen and oxygen atoms in total. The third kappa shape index (κ3) is 4.80. The summed E-state index contributed by atoms with van der Waals surface area (Å²) in [5, 5.41) is 3.71. The second-order valence-corrected chi connectivity index (χ2v) is 7.72. The summed E-state index contributed by atoms with van der Waals surface area (Å²) in [6.07, 6.45) is -4.32. The molecule has 0 bridgehead atoms. The van der Waals surface area contributed by atoms with Crippen LogP contribution in [0, 0.1) is 5.82 Å². The maximum atomic E-state index is 15.0. The fourth-order valence-electron chi connectivity index (χ4n) is 3.56. The van der Waals surface area contributed by atoms with Crippen molar-refractivity contribution in [3.05, 3.63) is 65.5 Å². The summed E-state index contributed by atoms with van der Waals surface area (Å²) in [7, 11) is 2.01. The average Bonchev–Trinajstić information content (AvgIpc) is 3.30. The number of alkyl halides is 2. The number of benzene rings is 2. The smallest absolute Gasteiger partial charge is 0.324 e. The van der Waals surface area contributed by atoms with Crippen molar-refractivity contribution >= 4 is 17.6 Å². The molecule has 2 aromatic carbocycles. The normalized spacial score (nSPS) is 18.8. The lowest BCUT2D eigenvalue weighted by Crippen LogP contribution is -2.52. The van der Waals surface area contributed by atoms with E-state index in [1.54, 1.807) is 21.9 Å². The van der Waals surface area contributed by atoms with E-state index in [0.29, 0.717) is 18.8 Å². The van der Waals surface area contributed by atoms with Crippen LogP contribution in [0.2, 0.25) is 0 Å². The molecular formula is C22H24F3N5O2. The first kappa shape index (κ1) is 21.9. The van der Waals surface area contributed by atoms with Crippen LogP contribution < -0.4 is 10.3 Å². The number of likely N-dealkylation sites (N-methyl/N-ethyl adjacent to an activating group) is 1. The van der Waals surface area contributed by atoms with E-state index in [2.05, 4.69) is 15.4 Å². The summed E-state index contributed by atoms with van der Waals surface area (Å²) in [5.41, 5.74) is 3.36. The molecule has 10 heteroatoms. The van der Waals surface area contributed by atoms with Gasteiger partial charge in [0.25, 0.3) is 6.43 Å². The van der Waals surface area contributed by atoms with Gasteiger partial charge in [-0.1, -0.05) is 24.3 Å². The first-order valence-corrected chi connectivity index (χ1v) is 10.3. The number of hydrogen-bond donors (Lipinski definition) is 1. The summed E-state index contributed by atoms with van der Waals surface area (Å²) in [5.74, 6) is -0.685. The zero-order valence-electron chi connectivity index (χ0n) is 17.5. The molecule has 32 heavy (non-hydrogen) atoms. The number of ether oxygens (including phenoxy) is 1. The molecule has 1 saturated heterocycles. The van der Waals surface area contributed by atoms with Crippen LogP contribution >= 0.6 is 0 Å². The molecule has 0 aromatic heterocycles. The van der Waals surface area contributed by atoms with Crippen molar-refractivity contribution in [1.29, 1.82) is 0 Å². The minimum atomic E-state index is -2.76. The fourth-order valence-corrected chi connectivity index (χ4v) is 3.56. The molecule has 2 amide bonds. The van der Waals surface area contributed by atoms with E-state index in [1.165, 1.54) is 18.2 Å². The van der Waals surface area contributed by atoms with Crippen molar-refractivity contribution in [3.63, 3.8) is 0 Å². The molecule has 1 N–H and O–H groups in total. The summed E-state index contributed by atoms with van der Waals surface area (Å²) in [6, 6.07) is 13.1. The van der Waals surface area contributed by atoms with Gasteiger partial charge in [-0.15, -0.1) is 5.10 Å². The van der Waals surface area contributed by atoms with E-state index in [0.717, 1.165) is 13.1 Å². The minimum absolute atomic E-state index is 0.0204. The lowest BCUT2D eigenvalue weighted by molar-refractivity contribution is 0.000583. The minimum Gasteiger partial charge on any atom is -0.445 e. The Kier molecular flexibility index (Phi) is 6.50. The maximum Gasteiger partial charge on any atom is 0.324 e. The monoisotopic (exact) mass is 447 g/mol. The molecule has 1 fully saturated rings. The van der Waals surface area contributed by atoms with Crippen LogP contribution in [0.3, 0.4) is 0 Å². The number of hydrogen-bond acceptors (Lipinski definition) is 5.